The fourth-order valence-electron chi connectivity index (χ4n) is 2.86. The highest BCUT2D eigenvalue weighted by molar-refractivity contribution is 7.89. The van der Waals surface area contributed by atoms with E-state index in [1.54, 1.807) is 0 Å². The van der Waals surface area contributed by atoms with E-state index in [9.17, 15) is 8.42 Å². The molecule has 1 aliphatic rings. The normalized spacial score (nSPS) is 27.8. The maximum absolute atomic E-state index is 12.9. The van der Waals surface area contributed by atoms with Crippen LogP contribution in [0.5, 0.6) is 0 Å². The maximum Gasteiger partial charge on any atom is 0.244 e. The minimum absolute atomic E-state index is 0.000537. The van der Waals surface area contributed by atoms with Gasteiger partial charge in [0.1, 0.15) is 4.90 Å². The van der Waals surface area contributed by atoms with Gasteiger partial charge in [0.25, 0.3) is 0 Å². The minimum Gasteiger partial charge on any atom is -0.396 e. The van der Waals surface area contributed by atoms with Crippen LogP contribution in [0.3, 0.4) is 0 Å². The van der Waals surface area contributed by atoms with Crippen LogP contribution in [0, 0.1) is 11.8 Å². The van der Waals surface area contributed by atoms with Crippen LogP contribution in [0.2, 0.25) is 10.0 Å². The molecular weight excluding hydrogens is 331 g/mol. The summed E-state index contributed by atoms with van der Waals surface area (Å²) in [6, 6.07) is 2.82. The highest BCUT2D eigenvalue weighted by Crippen LogP contribution is 2.37. The van der Waals surface area contributed by atoms with Gasteiger partial charge in [-0.15, -0.1) is 0 Å². The van der Waals surface area contributed by atoms with Crippen molar-refractivity contribution in [2.24, 2.45) is 11.8 Å². The standard InChI is InChI=1S/C14H20Cl2N2O2S/c1-8-6-9(2)10(3)18(7-8)21(19,20)12-5-4-11(15)14(17)13(12)16/h4-5,8-10H,6-7,17H2,1-3H3. The summed E-state index contributed by atoms with van der Waals surface area (Å²) in [6.07, 6.45) is 1.02. The first-order valence-electron chi connectivity index (χ1n) is 6.91. The monoisotopic (exact) mass is 350 g/mol. The molecule has 7 heteroatoms. The van der Waals surface area contributed by atoms with Crippen LogP contribution in [0.25, 0.3) is 0 Å². The maximum atomic E-state index is 12.9. The number of nitrogens with two attached hydrogens (primary N) is 1. The summed E-state index contributed by atoms with van der Waals surface area (Å²) >= 11 is 12.0. The number of hydrogen-bond acceptors (Lipinski definition) is 3. The Balaban J connectivity index is 2.49. The van der Waals surface area contributed by atoms with Crippen LogP contribution in [0.4, 0.5) is 5.69 Å². The van der Waals surface area contributed by atoms with E-state index in [0.29, 0.717) is 18.4 Å². The summed E-state index contributed by atoms with van der Waals surface area (Å²) in [4.78, 5) is 0.0271. The topological polar surface area (TPSA) is 63.4 Å². The lowest BCUT2D eigenvalue weighted by Crippen LogP contribution is -2.48. The zero-order valence-corrected chi connectivity index (χ0v) is 14.6. The number of nitrogen functional groups attached to an aromatic ring is 1. The first kappa shape index (κ1) is 16.9. The quantitative estimate of drug-likeness (QED) is 0.828. The van der Waals surface area contributed by atoms with Gasteiger partial charge in [-0.3, -0.25) is 0 Å². The lowest BCUT2D eigenvalue weighted by Gasteiger charge is -2.40. The van der Waals surface area contributed by atoms with E-state index in [4.69, 9.17) is 28.9 Å². The highest BCUT2D eigenvalue weighted by atomic mass is 35.5. The Morgan fingerprint density at radius 1 is 1.24 bits per heavy atom. The lowest BCUT2D eigenvalue weighted by molar-refractivity contribution is 0.157. The summed E-state index contributed by atoms with van der Waals surface area (Å²) in [6.45, 7) is 6.55. The van der Waals surface area contributed by atoms with Crippen molar-refractivity contribution in [2.45, 2.75) is 38.1 Å². The zero-order chi connectivity index (χ0) is 15.9. The van der Waals surface area contributed by atoms with Crippen LogP contribution in [-0.2, 0) is 10.0 Å². The Hall–Kier alpha value is -0.490. The van der Waals surface area contributed by atoms with Gasteiger partial charge in [-0.25, -0.2) is 8.42 Å². The van der Waals surface area contributed by atoms with Crippen molar-refractivity contribution in [3.05, 3.63) is 22.2 Å². The van der Waals surface area contributed by atoms with Crippen molar-refractivity contribution in [2.75, 3.05) is 12.3 Å². The third-order valence-corrected chi connectivity index (χ3v) is 7.07. The average molecular weight is 351 g/mol. The van der Waals surface area contributed by atoms with Gasteiger partial charge in [-0.1, -0.05) is 37.0 Å². The molecule has 0 aliphatic carbocycles. The molecule has 4 nitrogen and oxygen atoms in total. The van der Waals surface area contributed by atoms with Crippen molar-refractivity contribution in [1.29, 1.82) is 0 Å². The van der Waals surface area contributed by atoms with Crippen molar-refractivity contribution in [1.82, 2.24) is 4.31 Å². The number of benzene rings is 1. The zero-order valence-electron chi connectivity index (χ0n) is 12.3. The molecule has 0 bridgehead atoms. The summed E-state index contributed by atoms with van der Waals surface area (Å²) in [5.74, 6) is 0.612. The third kappa shape index (κ3) is 3.02. The Kier molecular flexibility index (Phi) is 4.78. The molecule has 0 spiro atoms. The number of piperidine rings is 1. The van der Waals surface area contributed by atoms with Gasteiger partial charge in [0, 0.05) is 12.6 Å². The van der Waals surface area contributed by atoms with Crippen LogP contribution in [-0.4, -0.2) is 25.3 Å². The summed E-state index contributed by atoms with van der Waals surface area (Å²) in [5, 5.41) is 0.257. The van der Waals surface area contributed by atoms with Crippen molar-refractivity contribution in [3.63, 3.8) is 0 Å². The number of halogens is 2. The van der Waals surface area contributed by atoms with Crippen LogP contribution < -0.4 is 5.73 Å². The smallest absolute Gasteiger partial charge is 0.244 e. The summed E-state index contributed by atoms with van der Waals surface area (Å²) in [5.41, 5.74) is 5.85. The second-order valence-corrected chi connectivity index (χ2v) is 8.55. The molecule has 1 fully saturated rings. The Morgan fingerprint density at radius 3 is 2.48 bits per heavy atom. The van der Waals surface area contributed by atoms with Gasteiger partial charge < -0.3 is 5.73 Å². The van der Waals surface area contributed by atoms with E-state index in [-0.39, 0.29) is 26.7 Å². The van der Waals surface area contributed by atoms with Crippen molar-refractivity contribution < 1.29 is 8.42 Å². The summed E-state index contributed by atoms with van der Waals surface area (Å²) in [7, 11) is -3.68. The SMILES string of the molecule is CC1CC(C)C(C)N(S(=O)(=O)c2ccc(Cl)c(N)c2Cl)C1. The molecule has 1 aromatic carbocycles. The van der Waals surface area contributed by atoms with E-state index in [1.807, 2.05) is 6.92 Å². The lowest BCUT2D eigenvalue weighted by atomic mass is 9.88. The Labute approximate surface area is 136 Å². The molecular formula is C14H20Cl2N2O2S. The molecule has 3 unspecified atom stereocenters. The Bertz CT molecular complexity index is 649. The summed E-state index contributed by atoms with van der Waals surface area (Å²) < 4.78 is 27.4. The molecule has 0 radical (unpaired) electrons. The fraction of sp³-hybridized carbons (Fsp3) is 0.571. The fourth-order valence-corrected chi connectivity index (χ4v) is 5.44. The van der Waals surface area contributed by atoms with Gasteiger partial charge in [-0.2, -0.15) is 4.31 Å². The van der Waals surface area contributed by atoms with Crippen LogP contribution in [0.1, 0.15) is 27.2 Å². The number of rotatable bonds is 2. The molecule has 0 amide bonds. The van der Waals surface area contributed by atoms with Gasteiger partial charge in [0.05, 0.1) is 15.7 Å². The van der Waals surface area contributed by atoms with Crippen LogP contribution >= 0.6 is 23.2 Å². The van der Waals surface area contributed by atoms with Crippen LogP contribution in [0.15, 0.2) is 17.0 Å². The van der Waals surface area contributed by atoms with Gasteiger partial charge in [-0.05, 0) is 37.3 Å². The van der Waals surface area contributed by atoms with Gasteiger partial charge >= 0.3 is 0 Å². The van der Waals surface area contributed by atoms with E-state index in [0.717, 1.165) is 6.42 Å². The first-order valence-corrected chi connectivity index (χ1v) is 9.11. The molecule has 1 aromatic rings. The number of anilines is 1. The molecule has 3 atom stereocenters. The molecule has 0 aromatic heterocycles. The Morgan fingerprint density at radius 2 is 1.86 bits per heavy atom. The number of sulfonamides is 1. The molecule has 2 rings (SSSR count). The van der Waals surface area contributed by atoms with E-state index >= 15 is 0 Å². The number of nitrogens with zero attached hydrogens (tertiary/aromatic N) is 1. The molecule has 1 saturated heterocycles. The van der Waals surface area contributed by atoms with E-state index in [1.165, 1.54) is 16.4 Å². The minimum atomic E-state index is -3.68. The molecule has 1 heterocycles. The molecule has 2 N–H and O–H groups in total. The second kappa shape index (κ2) is 5.95. The van der Waals surface area contributed by atoms with Gasteiger partial charge in [0.15, 0.2) is 0 Å². The highest BCUT2D eigenvalue weighted by Gasteiger charge is 2.38. The average Bonchev–Trinajstić information content (AvgIpc) is 2.39. The molecule has 0 saturated carbocycles. The number of hydrogen-bond donors (Lipinski definition) is 1. The largest absolute Gasteiger partial charge is 0.396 e. The molecule has 1 aliphatic heterocycles. The van der Waals surface area contributed by atoms with Crippen molar-refractivity contribution in [3.8, 4) is 0 Å². The third-order valence-electron chi connectivity index (χ3n) is 4.22. The predicted molar refractivity (Wildman–Crippen MR) is 87.2 cm³/mol. The van der Waals surface area contributed by atoms with Crippen molar-refractivity contribution >= 4 is 38.9 Å². The first-order chi connectivity index (χ1) is 9.66. The van der Waals surface area contributed by atoms with E-state index in [2.05, 4.69) is 13.8 Å². The molecule has 21 heavy (non-hydrogen) atoms. The second-order valence-electron chi connectivity index (χ2n) is 5.91. The predicted octanol–water partition coefficient (Wildman–Crippen LogP) is 3.63. The molecule has 118 valence electrons. The van der Waals surface area contributed by atoms with Gasteiger partial charge in [0.2, 0.25) is 10.0 Å². The van der Waals surface area contributed by atoms with E-state index < -0.39 is 10.0 Å².